The van der Waals surface area contributed by atoms with Gasteiger partial charge in [-0.1, -0.05) is 27.7 Å². The van der Waals surface area contributed by atoms with Gasteiger partial charge in [0.2, 0.25) is 0 Å². The van der Waals surface area contributed by atoms with E-state index < -0.39 is 35.0 Å². The SMILES string of the molecule is [2H]C1([2H])CC(CN)(CC(=O)OC)C([2H])(C)C(C)(C)C1([2H])C. The summed E-state index contributed by atoms with van der Waals surface area (Å²) >= 11 is 0. The van der Waals surface area contributed by atoms with E-state index in [2.05, 4.69) is 0 Å². The Balaban J connectivity index is 3.50. The van der Waals surface area contributed by atoms with Crippen LogP contribution in [0.15, 0.2) is 0 Å². The van der Waals surface area contributed by atoms with E-state index >= 15 is 0 Å². The molecule has 0 amide bonds. The Morgan fingerprint density at radius 1 is 1.59 bits per heavy atom. The summed E-state index contributed by atoms with van der Waals surface area (Å²) < 4.78 is 38.7. The topological polar surface area (TPSA) is 52.3 Å². The lowest BCUT2D eigenvalue weighted by atomic mass is 9.52. The van der Waals surface area contributed by atoms with Crippen molar-refractivity contribution in [1.29, 1.82) is 0 Å². The number of ether oxygens (including phenoxy) is 1. The first-order valence-corrected chi connectivity index (χ1v) is 5.99. The van der Waals surface area contributed by atoms with Crippen LogP contribution < -0.4 is 5.73 Å². The summed E-state index contributed by atoms with van der Waals surface area (Å²) in [5.41, 5.74) is 3.83. The molecular weight excluding hydrogens is 214 g/mol. The maximum absolute atomic E-state index is 11.8. The fourth-order valence-corrected chi connectivity index (χ4v) is 2.44. The zero-order valence-corrected chi connectivity index (χ0v) is 11.5. The third-order valence-corrected chi connectivity index (χ3v) is 4.46. The second-order valence-electron chi connectivity index (χ2n) is 5.47. The van der Waals surface area contributed by atoms with Crippen molar-refractivity contribution in [3.8, 4) is 0 Å². The maximum Gasteiger partial charge on any atom is 0.306 e. The highest BCUT2D eigenvalue weighted by atomic mass is 16.5. The molecule has 0 aromatic carbocycles. The lowest BCUT2D eigenvalue weighted by Gasteiger charge is -2.53. The lowest BCUT2D eigenvalue weighted by molar-refractivity contribution is -0.147. The molecule has 1 saturated carbocycles. The highest BCUT2D eigenvalue weighted by molar-refractivity contribution is 5.70. The van der Waals surface area contributed by atoms with Gasteiger partial charge in [-0.25, -0.2) is 0 Å². The predicted octanol–water partition coefficient (Wildman–Crippen LogP) is 2.59. The van der Waals surface area contributed by atoms with E-state index in [9.17, 15) is 4.79 Å². The van der Waals surface area contributed by atoms with Crippen LogP contribution in [0.1, 0.15) is 52.4 Å². The van der Waals surface area contributed by atoms with Crippen LogP contribution in [0.2, 0.25) is 0 Å². The first-order chi connectivity index (χ1) is 9.22. The predicted molar refractivity (Wildman–Crippen MR) is 69.5 cm³/mol. The highest BCUT2D eigenvalue weighted by Crippen LogP contribution is 2.54. The van der Waals surface area contributed by atoms with E-state index in [1.807, 2.05) is 0 Å². The Labute approximate surface area is 111 Å². The van der Waals surface area contributed by atoms with Crippen LogP contribution in [-0.4, -0.2) is 19.6 Å². The molecule has 3 atom stereocenters. The summed E-state index contributed by atoms with van der Waals surface area (Å²) in [5, 5.41) is 0. The first kappa shape index (κ1) is 9.37. The number of esters is 1. The zero-order chi connectivity index (χ0) is 16.9. The number of hydrogen-bond acceptors (Lipinski definition) is 3. The number of nitrogens with two attached hydrogens (primary N) is 1. The molecule has 0 spiro atoms. The molecule has 0 radical (unpaired) electrons. The van der Waals surface area contributed by atoms with E-state index in [4.69, 9.17) is 16.0 Å². The normalized spacial score (nSPS) is 51.6. The Bertz CT molecular complexity index is 435. The summed E-state index contributed by atoms with van der Waals surface area (Å²) in [7, 11) is 1.27. The molecular formula is C14H27NO2. The molecule has 3 unspecified atom stereocenters. The molecule has 1 rings (SSSR count). The van der Waals surface area contributed by atoms with E-state index in [1.165, 1.54) is 14.0 Å². The van der Waals surface area contributed by atoms with Crippen LogP contribution in [-0.2, 0) is 9.53 Å². The Morgan fingerprint density at radius 3 is 2.65 bits per heavy atom. The molecule has 3 heteroatoms. The van der Waals surface area contributed by atoms with Crippen molar-refractivity contribution in [3.63, 3.8) is 0 Å². The Hall–Kier alpha value is -0.570. The average molecular weight is 245 g/mol. The van der Waals surface area contributed by atoms with Crippen molar-refractivity contribution in [3.05, 3.63) is 0 Å². The largest absolute Gasteiger partial charge is 0.469 e. The monoisotopic (exact) mass is 245 g/mol. The van der Waals surface area contributed by atoms with Gasteiger partial charge in [-0.2, -0.15) is 0 Å². The summed E-state index contributed by atoms with van der Waals surface area (Å²) in [6, 6.07) is 0. The fraction of sp³-hybridized carbons (Fsp3) is 0.929. The molecule has 0 bridgehead atoms. The van der Waals surface area contributed by atoms with Gasteiger partial charge in [0, 0.05) is 5.48 Å². The molecule has 100 valence electrons. The Morgan fingerprint density at radius 2 is 2.18 bits per heavy atom. The summed E-state index contributed by atoms with van der Waals surface area (Å²) in [6.45, 7) is 6.61. The van der Waals surface area contributed by atoms with Gasteiger partial charge < -0.3 is 10.5 Å². The van der Waals surface area contributed by atoms with Gasteiger partial charge in [-0.3, -0.25) is 4.79 Å². The standard InChI is InChI=1S/C14H27NO2/c1-10-6-7-14(9-15,8-12(16)17-5)11(2)13(10,3)4/h10-11H,6-9,15H2,1-5H3/i6D2,10D,11D. The van der Waals surface area contributed by atoms with Gasteiger partial charge in [-0.15, -0.1) is 0 Å². The first-order valence-electron chi connectivity index (χ1n) is 7.99. The van der Waals surface area contributed by atoms with Crippen molar-refractivity contribution in [1.82, 2.24) is 0 Å². The van der Waals surface area contributed by atoms with Crippen molar-refractivity contribution in [2.24, 2.45) is 28.4 Å². The number of rotatable bonds is 3. The van der Waals surface area contributed by atoms with Crippen molar-refractivity contribution < 1.29 is 15.0 Å². The van der Waals surface area contributed by atoms with E-state index in [1.54, 1.807) is 20.8 Å². The molecule has 2 N–H and O–H groups in total. The van der Waals surface area contributed by atoms with Gasteiger partial charge in [0.25, 0.3) is 0 Å². The molecule has 0 aromatic rings. The molecule has 3 nitrogen and oxygen atoms in total. The smallest absolute Gasteiger partial charge is 0.306 e. The van der Waals surface area contributed by atoms with Crippen molar-refractivity contribution in [2.45, 2.75) is 46.9 Å². The molecule has 0 aliphatic heterocycles. The summed E-state index contributed by atoms with van der Waals surface area (Å²) in [4.78, 5) is 11.8. The quantitative estimate of drug-likeness (QED) is 0.778. The number of hydrogen-bond donors (Lipinski definition) is 1. The molecule has 1 aliphatic rings. The molecule has 1 fully saturated rings. The second kappa shape index (κ2) is 4.97. The van der Waals surface area contributed by atoms with Crippen LogP contribution in [0.3, 0.4) is 0 Å². The molecule has 1 aliphatic carbocycles. The van der Waals surface area contributed by atoms with Crippen molar-refractivity contribution in [2.75, 3.05) is 13.7 Å². The van der Waals surface area contributed by atoms with Gasteiger partial charge in [-0.05, 0) is 42.0 Å². The Kier molecular flexibility index (Phi) is 2.74. The van der Waals surface area contributed by atoms with E-state index in [0.717, 1.165) is 0 Å². The highest BCUT2D eigenvalue weighted by Gasteiger charge is 2.50. The van der Waals surface area contributed by atoms with E-state index in [-0.39, 0.29) is 19.4 Å². The van der Waals surface area contributed by atoms with Gasteiger partial charge >= 0.3 is 5.97 Å². The third kappa shape index (κ3) is 2.49. The molecule has 0 heterocycles. The fourth-order valence-electron chi connectivity index (χ4n) is 2.44. The van der Waals surface area contributed by atoms with Crippen LogP contribution in [0.5, 0.6) is 0 Å². The van der Waals surface area contributed by atoms with Crippen molar-refractivity contribution >= 4 is 5.97 Å². The van der Waals surface area contributed by atoms with Crippen LogP contribution in [0.4, 0.5) is 0 Å². The minimum atomic E-state index is -1.86. The van der Waals surface area contributed by atoms with Crippen LogP contribution in [0.25, 0.3) is 0 Å². The van der Waals surface area contributed by atoms with Gasteiger partial charge in [0.15, 0.2) is 0 Å². The third-order valence-electron chi connectivity index (χ3n) is 4.46. The second-order valence-corrected chi connectivity index (χ2v) is 5.47. The maximum atomic E-state index is 11.8. The molecule has 0 aromatic heterocycles. The van der Waals surface area contributed by atoms with Crippen LogP contribution in [0, 0.1) is 22.6 Å². The number of methoxy groups -OCH3 is 1. The average Bonchev–Trinajstić information content (AvgIpc) is 2.35. The number of carbonyl (C=O) groups is 1. The van der Waals surface area contributed by atoms with E-state index in [0.29, 0.717) is 0 Å². The minimum Gasteiger partial charge on any atom is -0.469 e. The summed E-state index contributed by atoms with van der Waals surface area (Å²) in [6.07, 6.45) is -2.07. The zero-order valence-electron chi connectivity index (χ0n) is 15.5. The summed E-state index contributed by atoms with van der Waals surface area (Å²) in [5.74, 6) is -3.21. The molecule has 0 saturated heterocycles. The molecule has 17 heavy (non-hydrogen) atoms. The minimum absolute atomic E-state index is 0.00111. The van der Waals surface area contributed by atoms with Gasteiger partial charge in [0.05, 0.1) is 13.5 Å². The van der Waals surface area contributed by atoms with Crippen LogP contribution >= 0.6 is 0 Å². The lowest BCUT2D eigenvalue weighted by Crippen LogP contribution is -2.51. The number of carbonyl (C=O) groups excluding carboxylic acids is 1. The van der Waals surface area contributed by atoms with Gasteiger partial charge in [0.1, 0.15) is 0 Å².